The Morgan fingerprint density at radius 2 is 2.00 bits per heavy atom. The van der Waals surface area contributed by atoms with Crippen LogP contribution in [0, 0.1) is 0 Å². The van der Waals surface area contributed by atoms with E-state index in [0.29, 0.717) is 0 Å². The number of fused-ring (bicyclic) bond motifs is 3. The summed E-state index contributed by atoms with van der Waals surface area (Å²) in [5.41, 5.74) is 5.95. The molecule has 19 heavy (non-hydrogen) atoms. The molecule has 1 aliphatic carbocycles. The second-order valence-corrected chi connectivity index (χ2v) is 4.97. The molecule has 1 aromatic heterocycles. The maximum absolute atomic E-state index is 4.89. The van der Waals surface area contributed by atoms with Gasteiger partial charge in [0.2, 0.25) is 0 Å². The van der Waals surface area contributed by atoms with Crippen molar-refractivity contribution in [3.05, 3.63) is 41.2 Å². The van der Waals surface area contributed by atoms with Crippen molar-refractivity contribution in [1.29, 1.82) is 0 Å². The number of hydrogen-bond donors (Lipinski definition) is 1. The van der Waals surface area contributed by atoms with Crippen LogP contribution in [0.3, 0.4) is 0 Å². The van der Waals surface area contributed by atoms with E-state index in [9.17, 15) is 0 Å². The molecule has 1 N–H and O–H groups in total. The third-order valence-electron chi connectivity index (χ3n) is 3.67. The summed E-state index contributed by atoms with van der Waals surface area (Å²) in [4.78, 5) is 9.67. The van der Waals surface area contributed by atoms with Crippen LogP contribution in [0.4, 0.5) is 5.82 Å². The molecule has 0 radical (unpaired) electrons. The number of nitrogens with zero attached hydrogens (tertiary/aromatic N) is 2. The van der Waals surface area contributed by atoms with Crippen molar-refractivity contribution in [2.24, 2.45) is 0 Å². The predicted molar refractivity (Wildman–Crippen MR) is 78.4 cm³/mol. The molecule has 0 atom stereocenters. The van der Waals surface area contributed by atoms with Crippen molar-refractivity contribution in [3.8, 4) is 11.3 Å². The minimum absolute atomic E-state index is 0.944. The lowest BCUT2D eigenvalue weighted by Gasteiger charge is -2.20. The summed E-state index contributed by atoms with van der Waals surface area (Å²) in [7, 11) is 1.92. The molecule has 98 valence electrons. The van der Waals surface area contributed by atoms with E-state index in [1.54, 1.807) is 0 Å². The Morgan fingerprint density at radius 1 is 1.16 bits per heavy atom. The first-order chi connectivity index (χ1) is 9.33. The highest BCUT2D eigenvalue weighted by atomic mass is 15.0. The summed E-state index contributed by atoms with van der Waals surface area (Å²) >= 11 is 0. The zero-order valence-corrected chi connectivity index (χ0v) is 11.5. The van der Waals surface area contributed by atoms with Gasteiger partial charge >= 0.3 is 0 Å². The van der Waals surface area contributed by atoms with Crippen LogP contribution < -0.4 is 5.32 Å². The van der Waals surface area contributed by atoms with Crippen LogP contribution in [0.15, 0.2) is 24.3 Å². The fourth-order valence-corrected chi connectivity index (χ4v) is 2.73. The van der Waals surface area contributed by atoms with Gasteiger partial charge in [-0.1, -0.05) is 37.6 Å². The van der Waals surface area contributed by atoms with Crippen LogP contribution in [-0.2, 0) is 19.3 Å². The highest BCUT2D eigenvalue weighted by Gasteiger charge is 2.20. The van der Waals surface area contributed by atoms with E-state index in [0.717, 1.165) is 48.6 Å². The highest BCUT2D eigenvalue weighted by Crippen LogP contribution is 2.32. The van der Waals surface area contributed by atoms with Crippen LogP contribution in [0.25, 0.3) is 11.3 Å². The zero-order valence-electron chi connectivity index (χ0n) is 11.5. The SMILES string of the molecule is CCCc1nc2c(nc1NC)CCc1ccccc1-2. The molecule has 0 fully saturated rings. The molecule has 3 nitrogen and oxygen atoms in total. The average molecular weight is 253 g/mol. The summed E-state index contributed by atoms with van der Waals surface area (Å²) in [5, 5.41) is 3.18. The van der Waals surface area contributed by atoms with E-state index >= 15 is 0 Å². The topological polar surface area (TPSA) is 37.8 Å². The second kappa shape index (κ2) is 5.00. The Bertz CT molecular complexity index is 605. The number of anilines is 1. The molecule has 0 amide bonds. The highest BCUT2D eigenvalue weighted by molar-refractivity contribution is 5.69. The van der Waals surface area contributed by atoms with Gasteiger partial charge in [0, 0.05) is 12.6 Å². The smallest absolute Gasteiger partial charge is 0.147 e. The summed E-state index contributed by atoms with van der Waals surface area (Å²) < 4.78 is 0. The van der Waals surface area contributed by atoms with Gasteiger partial charge in [0.15, 0.2) is 0 Å². The van der Waals surface area contributed by atoms with E-state index < -0.39 is 0 Å². The van der Waals surface area contributed by atoms with Gasteiger partial charge in [-0.05, 0) is 24.8 Å². The fraction of sp³-hybridized carbons (Fsp3) is 0.375. The molecule has 1 aromatic carbocycles. The Kier molecular flexibility index (Phi) is 3.20. The van der Waals surface area contributed by atoms with Gasteiger partial charge in [-0.25, -0.2) is 9.97 Å². The van der Waals surface area contributed by atoms with Crippen molar-refractivity contribution < 1.29 is 0 Å². The van der Waals surface area contributed by atoms with Crippen LogP contribution in [0.1, 0.15) is 30.3 Å². The molecule has 2 aromatic rings. The first-order valence-electron chi connectivity index (χ1n) is 6.99. The maximum atomic E-state index is 4.89. The third kappa shape index (κ3) is 2.09. The molecular weight excluding hydrogens is 234 g/mol. The van der Waals surface area contributed by atoms with E-state index in [2.05, 4.69) is 36.5 Å². The number of aromatic nitrogens is 2. The Labute approximate surface area is 114 Å². The van der Waals surface area contributed by atoms with Crippen LogP contribution >= 0.6 is 0 Å². The Hall–Kier alpha value is -1.90. The van der Waals surface area contributed by atoms with Gasteiger partial charge in [-0.15, -0.1) is 0 Å². The van der Waals surface area contributed by atoms with Gasteiger partial charge in [0.1, 0.15) is 5.82 Å². The minimum atomic E-state index is 0.944. The molecule has 3 heteroatoms. The van der Waals surface area contributed by atoms with E-state index in [-0.39, 0.29) is 0 Å². The molecule has 3 rings (SSSR count). The van der Waals surface area contributed by atoms with Crippen LogP contribution in [-0.4, -0.2) is 17.0 Å². The van der Waals surface area contributed by atoms with Crippen LogP contribution in [0.2, 0.25) is 0 Å². The fourth-order valence-electron chi connectivity index (χ4n) is 2.73. The predicted octanol–water partition coefficient (Wildman–Crippen LogP) is 3.24. The third-order valence-corrected chi connectivity index (χ3v) is 3.67. The molecule has 0 spiro atoms. The molecular formula is C16H19N3. The number of hydrogen-bond acceptors (Lipinski definition) is 3. The molecule has 0 saturated carbocycles. The molecule has 0 saturated heterocycles. The molecule has 0 unspecified atom stereocenters. The lowest BCUT2D eigenvalue weighted by atomic mass is 9.91. The second-order valence-electron chi connectivity index (χ2n) is 4.97. The monoisotopic (exact) mass is 253 g/mol. The van der Waals surface area contributed by atoms with Gasteiger partial charge in [0.05, 0.1) is 17.1 Å². The largest absolute Gasteiger partial charge is 0.372 e. The van der Waals surface area contributed by atoms with Crippen LogP contribution in [0.5, 0.6) is 0 Å². The van der Waals surface area contributed by atoms with Crippen molar-refractivity contribution in [2.75, 3.05) is 12.4 Å². The summed E-state index contributed by atoms with van der Waals surface area (Å²) in [6.07, 6.45) is 4.11. The first-order valence-corrected chi connectivity index (χ1v) is 6.99. The molecule has 0 bridgehead atoms. The van der Waals surface area contributed by atoms with E-state index in [1.165, 1.54) is 11.1 Å². The summed E-state index contributed by atoms with van der Waals surface area (Å²) in [5.74, 6) is 0.944. The minimum Gasteiger partial charge on any atom is -0.372 e. The number of rotatable bonds is 3. The molecule has 1 heterocycles. The Balaban J connectivity index is 2.16. The Morgan fingerprint density at radius 3 is 2.79 bits per heavy atom. The number of aryl methyl sites for hydroxylation is 3. The van der Waals surface area contributed by atoms with Gasteiger partial charge in [0.25, 0.3) is 0 Å². The maximum Gasteiger partial charge on any atom is 0.147 e. The number of benzene rings is 1. The normalized spacial score (nSPS) is 12.7. The lowest BCUT2D eigenvalue weighted by Crippen LogP contribution is -2.12. The zero-order chi connectivity index (χ0) is 13.2. The number of nitrogens with one attached hydrogen (secondary N) is 1. The van der Waals surface area contributed by atoms with Gasteiger partial charge < -0.3 is 5.32 Å². The first kappa shape index (κ1) is 12.2. The standard InChI is InChI=1S/C16H19N3/c1-3-6-14-16(17-2)19-13-10-9-11-7-4-5-8-12(11)15(13)18-14/h4-5,7-8H,3,6,9-10H2,1-2H3,(H,17,19). The van der Waals surface area contributed by atoms with Crippen molar-refractivity contribution in [2.45, 2.75) is 32.6 Å². The molecule has 1 aliphatic rings. The van der Waals surface area contributed by atoms with Crippen molar-refractivity contribution >= 4 is 5.82 Å². The molecule has 0 aliphatic heterocycles. The lowest BCUT2D eigenvalue weighted by molar-refractivity contribution is 0.833. The van der Waals surface area contributed by atoms with E-state index in [1.807, 2.05) is 7.05 Å². The van der Waals surface area contributed by atoms with Gasteiger partial charge in [-0.3, -0.25) is 0 Å². The van der Waals surface area contributed by atoms with Gasteiger partial charge in [-0.2, -0.15) is 0 Å². The van der Waals surface area contributed by atoms with Crippen molar-refractivity contribution in [3.63, 3.8) is 0 Å². The average Bonchev–Trinajstić information content (AvgIpc) is 2.47. The van der Waals surface area contributed by atoms with E-state index in [4.69, 9.17) is 9.97 Å². The summed E-state index contributed by atoms with van der Waals surface area (Å²) in [6.45, 7) is 2.18. The quantitative estimate of drug-likeness (QED) is 0.912. The summed E-state index contributed by atoms with van der Waals surface area (Å²) in [6, 6.07) is 8.55. The van der Waals surface area contributed by atoms with Crippen molar-refractivity contribution in [1.82, 2.24) is 9.97 Å².